The third-order valence-corrected chi connectivity index (χ3v) is 5.94. The number of aliphatic hydroxyl groups excluding tert-OH is 1. The van der Waals surface area contributed by atoms with E-state index in [9.17, 15) is 19.1 Å². The van der Waals surface area contributed by atoms with Crippen LogP contribution >= 0.6 is 0 Å². The lowest BCUT2D eigenvalue weighted by Crippen LogP contribution is -2.38. The third-order valence-electron chi connectivity index (χ3n) is 5.94. The van der Waals surface area contributed by atoms with Gasteiger partial charge in [-0.3, -0.25) is 9.59 Å². The maximum atomic E-state index is 13.4. The molecule has 1 atom stereocenters. The molecule has 0 aliphatic carbocycles. The standard InChI is InChI=1S/C25H29FN2O5/c1-5-27(6-2)13-14-28-22(19-15-18(32-3)11-12-20(19)33-4)21(24(30)25(28)31)23(29)16-7-9-17(26)10-8-16/h7-12,15,22,29H,5-6,13-14H2,1-4H3. The Hall–Kier alpha value is -3.39. The van der Waals surface area contributed by atoms with E-state index in [0.29, 0.717) is 23.6 Å². The van der Waals surface area contributed by atoms with E-state index < -0.39 is 23.5 Å². The van der Waals surface area contributed by atoms with Crippen molar-refractivity contribution in [1.29, 1.82) is 0 Å². The van der Waals surface area contributed by atoms with Crippen LogP contribution in [0.2, 0.25) is 0 Å². The van der Waals surface area contributed by atoms with Gasteiger partial charge in [0.15, 0.2) is 0 Å². The van der Waals surface area contributed by atoms with Gasteiger partial charge in [0, 0.05) is 24.2 Å². The fraction of sp³-hybridized carbons (Fsp3) is 0.360. The van der Waals surface area contributed by atoms with E-state index in [-0.39, 0.29) is 23.4 Å². The number of rotatable bonds is 9. The molecule has 0 bridgehead atoms. The van der Waals surface area contributed by atoms with Crippen molar-refractivity contribution in [2.45, 2.75) is 19.9 Å². The Kier molecular flexibility index (Phi) is 7.71. The minimum atomic E-state index is -0.893. The van der Waals surface area contributed by atoms with E-state index in [4.69, 9.17) is 9.47 Å². The normalized spacial score (nSPS) is 17.6. The molecule has 1 saturated heterocycles. The fourth-order valence-electron chi connectivity index (χ4n) is 4.04. The van der Waals surface area contributed by atoms with E-state index >= 15 is 0 Å². The number of hydrogen-bond acceptors (Lipinski definition) is 6. The molecule has 176 valence electrons. The molecule has 1 unspecified atom stereocenters. The number of ketones is 1. The Morgan fingerprint density at radius 1 is 1.06 bits per heavy atom. The maximum absolute atomic E-state index is 13.4. The van der Waals surface area contributed by atoms with Crippen LogP contribution in [0.5, 0.6) is 11.5 Å². The number of ether oxygens (including phenoxy) is 2. The Labute approximate surface area is 193 Å². The first-order valence-corrected chi connectivity index (χ1v) is 10.8. The average Bonchev–Trinajstić information content (AvgIpc) is 3.09. The zero-order valence-corrected chi connectivity index (χ0v) is 19.3. The minimum absolute atomic E-state index is 0.0716. The first-order chi connectivity index (χ1) is 15.9. The van der Waals surface area contributed by atoms with Crippen molar-refractivity contribution >= 4 is 17.4 Å². The molecular weight excluding hydrogens is 427 g/mol. The number of Topliss-reactive ketones (excluding diaryl/α,β-unsaturated/α-hetero) is 1. The van der Waals surface area contributed by atoms with Crippen LogP contribution in [-0.4, -0.2) is 67.0 Å². The number of likely N-dealkylation sites (N-methyl/N-ethyl adjacent to an activating group) is 1. The molecule has 0 saturated carbocycles. The van der Waals surface area contributed by atoms with Crippen molar-refractivity contribution in [3.8, 4) is 11.5 Å². The summed E-state index contributed by atoms with van der Waals surface area (Å²) in [6.07, 6.45) is 0. The molecule has 0 radical (unpaired) electrons. The molecule has 2 aromatic carbocycles. The summed E-state index contributed by atoms with van der Waals surface area (Å²) in [4.78, 5) is 29.9. The Morgan fingerprint density at radius 2 is 1.73 bits per heavy atom. The molecule has 8 heteroatoms. The molecular formula is C25H29FN2O5. The molecule has 1 aliphatic heterocycles. The topological polar surface area (TPSA) is 79.3 Å². The molecule has 33 heavy (non-hydrogen) atoms. The molecule has 1 aliphatic rings. The number of methoxy groups -OCH3 is 2. The summed E-state index contributed by atoms with van der Waals surface area (Å²) < 4.78 is 24.3. The maximum Gasteiger partial charge on any atom is 0.295 e. The molecule has 0 aromatic heterocycles. The van der Waals surface area contributed by atoms with Crippen molar-refractivity contribution in [2.75, 3.05) is 40.4 Å². The van der Waals surface area contributed by atoms with Gasteiger partial charge < -0.3 is 24.4 Å². The van der Waals surface area contributed by atoms with Crippen molar-refractivity contribution in [3.05, 3.63) is 65.0 Å². The monoisotopic (exact) mass is 456 g/mol. The predicted octanol–water partition coefficient (Wildman–Crippen LogP) is 3.61. The third kappa shape index (κ3) is 4.85. The van der Waals surface area contributed by atoms with E-state index in [1.54, 1.807) is 18.2 Å². The summed E-state index contributed by atoms with van der Waals surface area (Å²) in [7, 11) is 3.01. The smallest absolute Gasteiger partial charge is 0.295 e. The predicted molar refractivity (Wildman–Crippen MR) is 123 cm³/mol. The summed E-state index contributed by atoms with van der Waals surface area (Å²) >= 11 is 0. The zero-order valence-electron chi connectivity index (χ0n) is 19.3. The van der Waals surface area contributed by atoms with Crippen molar-refractivity contribution in [1.82, 2.24) is 9.80 Å². The SMILES string of the molecule is CCN(CC)CCN1C(=O)C(=O)C(=C(O)c2ccc(F)cc2)C1c1cc(OC)ccc1OC. The van der Waals surface area contributed by atoms with Gasteiger partial charge in [-0.25, -0.2) is 4.39 Å². The molecule has 2 aromatic rings. The largest absolute Gasteiger partial charge is 0.507 e. The van der Waals surface area contributed by atoms with Gasteiger partial charge in [0.25, 0.3) is 11.7 Å². The van der Waals surface area contributed by atoms with Gasteiger partial charge in [-0.05, 0) is 55.6 Å². The molecule has 1 N–H and O–H groups in total. The van der Waals surface area contributed by atoms with Crippen molar-refractivity contribution in [3.63, 3.8) is 0 Å². The van der Waals surface area contributed by atoms with Crippen LogP contribution in [0.4, 0.5) is 4.39 Å². The highest BCUT2D eigenvalue weighted by Gasteiger charge is 2.47. The van der Waals surface area contributed by atoms with Crippen LogP contribution < -0.4 is 9.47 Å². The summed E-state index contributed by atoms with van der Waals surface area (Å²) in [5.41, 5.74) is 0.682. The van der Waals surface area contributed by atoms with Crippen LogP contribution in [0.3, 0.4) is 0 Å². The summed E-state index contributed by atoms with van der Waals surface area (Å²) in [5, 5.41) is 11.1. The van der Waals surface area contributed by atoms with Gasteiger partial charge in [-0.15, -0.1) is 0 Å². The molecule has 0 spiro atoms. The first kappa shape index (κ1) is 24.3. The van der Waals surface area contributed by atoms with Crippen LogP contribution in [0.1, 0.15) is 31.0 Å². The van der Waals surface area contributed by atoms with Crippen LogP contribution in [0, 0.1) is 5.82 Å². The zero-order chi connectivity index (χ0) is 24.1. The van der Waals surface area contributed by atoms with E-state index in [0.717, 1.165) is 13.1 Å². The van der Waals surface area contributed by atoms with Crippen molar-refractivity contribution in [2.24, 2.45) is 0 Å². The lowest BCUT2D eigenvalue weighted by Gasteiger charge is -2.29. The van der Waals surface area contributed by atoms with Gasteiger partial charge in [0.1, 0.15) is 23.1 Å². The van der Waals surface area contributed by atoms with E-state index in [2.05, 4.69) is 4.90 Å². The Bertz CT molecular complexity index is 1050. The number of carbonyl (C=O) groups excluding carboxylic acids is 2. The fourth-order valence-corrected chi connectivity index (χ4v) is 4.04. The minimum Gasteiger partial charge on any atom is -0.507 e. The van der Waals surface area contributed by atoms with Crippen LogP contribution in [-0.2, 0) is 9.59 Å². The second kappa shape index (κ2) is 10.5. The Balaban J connectivity index is 2.19. The second-order valence-electron chi connectivity index (χ2n) is 7.63. The quantitative estimate of drug-likeness (QED) is 0.353. The summed E-state index contributed by atoms with van der Waals surface area (Å²) in [6.45, 7) is 6.46. The Morgan fingerprint density at radius 3 is 2.30 bits per heavy atom. The lowest BCUT2D eigenvalue weighted by atomic mass is 9.94. The first-order valence-electron chi connectivity index (χ1n) is 10.8. The molecule has 1 amide bonds. The van der Waals surface area contributed by atoms with Gasteiger partial charge in [-0.1, -0.05) is 13.8 Å². The number of halogens is 1. The highest BCUT2D eigenvalue weighted by atomic mass is 19.1. The summed E-state index contributed by atoms with van der Waals surface area (Å²) in [6, 6.07) is 9.32. The number of amides is 1. The van der Waals surface area contributed by atoms with Gasteiger partial charge >= 0.3 is 0 Å². The molecule has 1 heterocycles. The molecule has 3 rings (SSSR count). The van der Waals surface area contributed by atoms with E-state index in [1.165, 1.54) is 43.4 Å². The molecule has 7 nitrogen and oxygen atoms in total. The number of hydrogen-bond donors (Lipinski definition) is 1. The van der Waals surface area contributed by atoms with Crippen molar-refractivity contribution < 1.29 is 28.6 Å². The summed E-state index contributed by atoms with van der Waals surface area (Å²) in [5.74, 6) is -1.39. The number of nitrogens with zero attached hydrogens (tertiary/aromatic N) is 2. The second-order valence-corrected chi connectivity index (χ2v) is 7.63. The number of carbonyl (C=O) groups is 2. The van der Waals surface area contributed by atoms with E-state index in [1.807, 2.05) is 13.8 Å². The average molecular weight is 457 g/mol. The number of benzene rings is 2. The van der Waals surface area contributed by atoms with Crippen LogP contribution in [0.15, 0.2) is 48.0 Å². The lowest BCUT2D eigenvalue weighted by molar-refractivity contribution is -0.140. The molecule has 1 fully saturated rings. The highest BCUT2D eigenvalue weighted by Crippen LogP contribution is 2.43. The highest BCUT2D eigenvalue weighted by molar-refractivity contribution is 6.46. The van der Waals surface area contributed by atoms with Gasteiger partial charge in [0.05, 0.1) is 25.8 Å². The van der Waals surface area contributed by atoms with Gasteiger partial charge in [0.2, 0.25) is 0 Å². The number of aliphatic hydroxyl groups is 1. The van der Waals surface area contributed by atoms with Crippen LogP contribution in [0.25, 0.3) is 5.76 Å². The number of likely N-dealkylation sites (tertiary alicyclic amines) is 1. The van der Waals surface area contributed by atoms with Gasteiger partial charge in [-0.2, -0.15) is 0 Å².